The number of rotatable bonds is 3. The predicted octanol–water partition coefficient (Wildman–Crippen LogP) is 1.91. The van der Waals surface area contributed by atoms with Crippen LogP contribution >= 0.6 is 35.0 Å². The number of halogens is 3. The topological polar surface area (TPSA) is 9.23 Å². The van der Waals surface area contributed by atoms with Gasteiger partial charge in [-0.2, -0.15) is 0 Å². The van der Waals surface area contributed by atoms with E-state index >= 15 is 0 Å². The van der Waals surface area contributed by atoms with Gasteiger partial charge in [0, 0.05) is 10.8 Å². The first kappa shape index (κ1) is 18.1. The summed E-state index contributed by atoms with van der Waals surface area (Å²) < 4.78 is 18.7. The zero-order chi connectivity index (χ0) is 12.4. The molecule has 0 radical (unpaired) electrons. The molecule has 2 atom stereocenters. The van der Waals surface area contributed by atoms with Gasteiger partial charge in [-0.05, 0) is 24.1 Å². The first-order valence-electron chi connectivity index (χ1n) is 5.30. The van der Waals surface area contributed by atoms with E-state index in [0.717, 1.165) is 12.0 Å². The second-order valence-corrected chi connectivity index (χ2v) is 6.05. The molecule has 0 saturated carbocycles. The van der Waals surface area contributed by atoms with Crippen LogP contribution in [0.2, 0.25) is 10.0 Å². The largest absolute Gasteiger partial charge is 1.00 e. The second kappa shape index (κ2) is 8.51. The molecule has 18 heavy (non-hydrogen) atoms. The van der Waals surface area contributed by atoms with Crippen LogP contribution in [-0.4, -0.2) is 5.44 Å². The minimum Gasteiger partial charge on any atom is -0.542 e. The summed E-state index contributed by atoms with van der Waals surface area (Å²) in [7, 11) is 0. The van der Waals surface area contributed by atoms with Crippen molar-refractivity contribution in [1.82, 2.24) is 0 Å². The summed E-state index contributed by atoms with van der Waals surface area (Å²) in [5.74, 6) is 0.668. The fourth-order valence-corrected chi connectivity index (χ4v) is 3.32. The van der Waals surface area contributed by atoms with Crippen molar-refractivity contribution in [2.75, 3.05) is 0 Å². The molecule has 0 aromatic heterocycles. The van der Waals surface area contributed by atoms with Crippen LogP contribution in [0.4, 0.5) is 4.39 Å². The summed E-state index contributed by atoms with van der Waals surface area (Å²) in [6.07, 6.45) is 0.984. The molecule has 1 aromatic carbocycles. The average Bonchev–Trinajstić information content (AvgIpc) is 2.68. The molecule has 1 unspecified atom stereocenters. The Hall–Kier alpha value is 2.09. The van der Waals surface area contributed by atoms with E-state index in [0.29, 0.717) is 16.7 Å². The molecule has 1 saturated heterocycles. The molecule has 0 N–H and O–H groups in total. The van der Waals surface area contributed by atoms with Crippen molar-refractivity contribution in [3.8, 4) is 0 Å². The summed E-state index contributed by atoms with van der Waals surface area (Å²) in [6, 6.07) is 2.83. The maximum atomic E-state index is 13.3. The predicted molar refractivity (Wildman–Crippen MR) is 70.7 cm³/mol. The van der Waals surface area contributed by atoms with Crippen molar-refractivity contribution >= 4 is 35.0 Å². The van der Waals surface area contributed by atoms with Crippen molar-refractivity contribution in [2.24, 2.45) is 5.92 Å². The number of ether oxygens (including phenoxy) is 1. The van der Waals surface area contributed by atoms with Gasteiger partial charge in [0.15, 0.2) is 0 Å². The third-order valence-electron chi connectivity index (χ3n) is 2.54. The molecule has 2 rings (SSSR count). The van der Waals surface area contributed by atoms with Crippen LogP contribution in [0.15, 0.2) is 12.1 Å². The summed E-state index contributed by atoms with van der Waals surface area (Å²) in [5, 5.41) is 0.557. The van der Waals surface area contributed by atoms with Crippen LogP contribution < -0.4 is 68.9 Å². The molecule has 1 aliphatic heterocycles. The molecule has 0 aliphatic carbocycles. The quantitative estimate of drug-likeness (QED) is 0.539. The fraction of sp³-hybridized carbons (Fsp3) is 0.417. The standard InChI is InChI=1S/C12H12Cl2FOS.Cs/c1-7-2-12(16-5-7)17-6-8-3-11(15)10(14)4-9(8)13;/h3-5,7,12H,2,6H2,1H3;/q-1;+1/t7-,12?;/m1./s1. The Labute approximate surface area is 180 Å². The van der Waals surface area contributed by atoms with Crippen LogP contribution in [-0.2, 0) is 10.5 Å². The third kappa shape index (κ3) is 5.13. The summed E-state index contributed by atoms with van der Waals surface area (Å²) in [5.41, 5.74) is 0.890. The first-order chi connectivity index (χ1) is 8.06. The Balaban J connectivity index is 0.00000162. The smallest absolute Gasteiger partial charge is 0.542 e. The van der Waals surface area contributed by atoms with Crippen molar-refractivity contribution in [3.05, 3.63) is 40.2 Å². The number of hydrogen-bond donors (Lipinski definition) is 0. The van der Waals surface area contributed by atoms with Gasteiger partial charge in [0.25, 0.3) is 0 Å². The van der Waals surface area contributed by atoms with Gasteiger partial charge in [-0.25, -0.2) is 11.0 Å². The van der Waals surface area contributed by atoms with E-state index in [1.807, 2.05) is 6.61 Å². The summed E-state index contributed by atoms with van der Waals surface area (Å²) in [4.78, 5) is 0. The van der Waals surface area contributed by atoms with Crippen molar-refractivity contribution in [2.45, 2.75) is 24.5 Å². The van der Waals surface area contributed by atoms with E-state index < -0.39 is 5.82 Å². The van der Waals surface area contributed by atoms with E-state index in [-0.39, 0.29) is 79.4 Å². The van der Waals surface area contributed by atoms with Gasteiger partial charge in [-0.1, -0.05) is 30.1 Å². The van der Waals surface area contributed by atoms with E-state index in [2.05, 4.69) is 6.92 Å². The summed E-state index contributed by atoms with van der Waals surface area (Å²) >= 11 is 13.3. The molecule has 1 aliphatic rings. The molecular weight excluding hydrogens is 415 g/mol. The molecule has 94 valence electrons. The molecule has 0 bridgehead atoms. The molecule has 1 fully saturated rings. The van der Waals surface area contributed by atoms with Crippen LogP contribution in [0.1, 0.15) is 18.9 Å². The van der Waals surface area contributed by atoms with E-state index in [1.165, 1.54) is 12.1 Å². The Kier molecular flexibility index (Phi) is 8.58. The van der Waals surface area contributed by atoms with Gasteiger partial charge in [-0.15, -0.1) is 17.7 Å². The normalized spacial score (nSPS) is 22.9. The Bertz CT molecular complexity index is 419. The molecular formula is C12H12Cl2CsFOS. The van der Waals surface area contributed by atoms with Gasteiger partial charge in [0.2, 0.25) is 0 Å². The van der Waals surface area contributed by atoms with E-state index in [4.69, 9.17) is 27.9 Å². The van der Waals surface area contributed by atoms with Crippen LogP contribution in [0.5, 0.6) is 0 Å². The minimum atomic E-state index is -0.432. The molecule has 6 heteroatoms. The zero-order valence-electron chi connectivity index (χ0n) is 10.3. The molecule has 1 heterocycles. The van der Waals surface area contributed by atoms with Crippen LogP contribution in [0.25, 0.3) is 0 Å². The van der Waals surface area contributed by atoms with Gasteiger partial charge in [0.05, 0.1) is 10.5 Å². The Morgan fingerprint density at radius 2 is 2.17 bits per heavy atom. The second-order valence-electron chi connectivity index (χ2n) is 4.08. The Morgan fingerprint density at radius 3 is 2.78 bits per heavy atom. The summed E-state index contributed by atoms with van der Waals surface area (Å²) in [6.45, 7) is 3.96. The monoisotopic (exact) mass is 426 g/mol. The Morgan fingerprint density at radius 1 is 1.44 bits per heavy atom. The minimum absolute atomic E-state index is 0. The van der Waals surface area contributed by atoms with Crippen molar-refractivity contribution in [1.29, 1.82) is 0 Å². The fourth-order valence-electron chi connectivity index (χ4n) is 1.60. The van der Waals surface area contributed by atoms with Gasteiger partial charge in [0.1, 0.15) is 5.82 Å². The maximum absolute atomic E-state index is 13.3. The molecule has 0 amide bonds. The van der Waals surface area contributed by atoms with Crippen molar-refractivity contribution in [3.63, 3.8) is 0 Å². The number of thioether (sulfide) groups is 1. The average molecular weight is 427 g/mol. The van der Waals surface area contributed by atoms with Crippen LogP contribution in [0, 0.1) is 18.3 Å². The molecule has 1 nitrogen and oxygen atoms in total. The maximum Gasteiger partial charge on any atom is 1.00 e. The third-order valence-corrected chi connectivity index (χ3v) is 4.34. The van der Waals surface area contributed by atoms with Gasteiger partial charge in [-0.3, -0.25) is 0 Å². The first-order valence-corrected chi connectivity index (χ1v) is 7.10. The van der Waals surface area contributed by atoms with E-state index in [9.17, 15) is 4.39 Å². The molecule has 1 aromatic rings. The van der Waals surface area contributed by atoms with E-state index in [1.54, 1.807) is 11.8 Å². The van der Waals surface area contributed by atoms with Gasteiger partial charge < -0.3 is 4.74 Å². The van der Waals surface area contributed by atoms with Gasteiger partial charge >= 0.3 is 68.9 Å². The molecule has 0 spiro atoms. The number of hydrogen-bond acceptors (Lipinski definition) is 2. The number of benzene rings is 1. The van der Waals surface area contributed by atoms with Crippen molar-refractivity contribution < 1.29 is 78.0 Å². The van der Waals surface area contributed by atoms with Crippen LogP contribution in [0.3, 0.4) is 0 Å². The SMILES string of the molecule is C[C@H]1[CH-]OC(SCc2cc(F)c(Cl)cc2Cl)C1.[Cs+]. The zero-order valence-corrected chi connectivity index (χ0v) is 18.9.